The molecule has 98 valence electrons. The van der Waals surface area contributed by atoms with E-state index >= 15 is 0 Å². The summed E-state index contributed by atoms with van der Waals surface area (Å²) in [6.07, 6.45) is -0.423. The average molecular weight is 251 g/mol. The predicted octanol–water partition coefficient (Wildman–Crippen LogP) is 2.10. The highest BCUT2D eigenvalue weighted by Crippen LogP contribution is 2.36. The van der Waals surface area contributed by atoms with Gasteiger partial charge in [-0.2, -0.15) is 0 Å². The molecule has 0 bridgehead atoms. The van der Waals surface area contributed by atoms with Crippen LogP contribution in [0.1, 0.15) is 25.0 Å². The van der Waals surface area contributed by atoms with E-state index in [1.54, 1.807) is 32.2 Å². The first kappa shape index (κ1) is 12.7. The number of amides is 1. The third-order valence-electron chi connectivity index (χ3n) is 3.00. The van der Waals surface area contributed by atoms with E-state index < -0.39 is 6.10 Å². The summed E-state index contributed by atoms with van der Waals surface area (Å²) < 4.78 is 10.2. The number of fused-ring (bicyclic) bond motifs is 1. The average Bonchev–Trinajstić information content (AvgIpc) is 2.39. The molecule has 0 aliphatic carbocycles. The van der Waals surface area contributed by atoms with Crippen LogP contribution in [0.25, 0.3) is 0 Å². The fourth-order valence-electron chi connectivity index (χ4n) is 2.08. The van der Waals surface area contributed by atoms with Crippen molar-refractivity contribution in [2.75, 3.05) is 25.2 Å². The lowest BCUT2D eigenvalue weighted by atomic mass is 9.99. The van der Waals surface area contributed by atoms with Crippen LogP contribution in [0.4, 0.5) is 10.5 Å². The zero-order chi connectivity index (χ0) is 13.1. The van der Waals surface area contributed by atoms with Crippen molar-refractivity contribution in [2.45, 2.75) is 19.4 Å². The van der Waals surface area contributed by atoms with Crippen molar-refractivity contribution < 1.29 is 19.4 Å². The number of hydrogen-bond acceptors (Lipinski definition) is 4. The number of benzene rings is 1. The van der Waals surface area contributed by atoms with Crippen LogP contribution in [0.5, 0.6) is 5.75 Å². The maximum absolute atomic E-state index is 11.8. The largest absolute Gasteiger partial charge is 0.497 e. The molecule has 1 aromatic rings. The third kappa shape index (κ3) is 2.26. The van der Waals surface area contributed by atoms with Crippen molar-refractivity contribution in [2.24, 2.45) is 0 Å². The van der Waals surface area contributed by atoms with Crippen LogP contribution in [-0.2, 0) is 4.74 Å². The van der Waals surface area contributed by atoms with Crippen LogP contribution in [0, 0.1) is 0 Å². The molecule has 1 heterocycles. The summed E-state index contributed by atoms with van der Waals surface area (Å²) in [6.45, 7) is 2.54. The van der Waals surface area contributed by atoms with Crippen molar-refractivity contribution in [3.8, 4) is 5.75 Å². The molecule has 0 aromatic heterocycles. The van der Waals surface area contributed by atoms with Crippen molar-refractivity contribution in [1.82, 2.24) is 0 Å². The van der Waals surface area contributed by atoms with Crippen LogP contribution >= 0.6 is 0 Å². The third-order valence-corrected chi connectivity index (χ3v) is 3.00. The number of aliphatic hydroxyl groups is 1. The van der Waals surface area contributed by atoms with E-state index in [0.717, 1.165) is 5.56 Å². The minimum absolute atomic E-state index is 0.331. The fourth-order valence-corrected chi connectivity index (χ4v) is 2.08. The molecule has 2 rings (SSSR count). The molecular formula is C13H17NO4. The predicted molar refractivity (Wildman–Crippen MR) is 66.9 cm³/mol. The maximum atomic E-state index is 11.8. The molecule has 0 radical (unpaired) electrons. The van der Waals surface area contributed by atoms with Crippen LogP contribution in [0.15, 0.2) is 18.2 Å². The van der Waals surface area contributed by atoms with Gasteiger partial charge in [-0.1, -0.05) is 6.07 Å². The van der Waals surface area contributed by atoms with E-state index in [2.05, 4.69) is 0 Å². The summed E-state index contributed by atoms with van der Waals surface area (Å²) >= 11 is 0. The zero-order valence-corrected chi connectivity index (χ0v) is 10.5. The number of carbonyl (C=O) groups is 1. The van der Waals surface area contributed by atoms with Gasteiger partial charge < -0.3 is 14.6 Å². The Morgan fingerprint density at radius 3 is 3.00 bits per heavy atom. The monoisotopic (exact) mass is 251 g/mol. The first-order chi connectivity index (χ1) is 8.67. The van der Waals surface area contributed by atoms with Gasteiger partial charge in [0.05, 0.1) is 25.5 Å². The fraction of sp³-hybridized carbons (Fsp3) is 0.462. The SMILES string of the molecule is CCOC(=O)N1CCC(O)c2ccc(OC)cc21. The normalized spacial score (nSPS) is 18.2. The molecule has 5 heteroatoms. The van der Waals surface area contributed by atoms with E-state index in [-0.39, 0.29) is 6.09 Å². The molecule has 0 saturated carbocycles. The van der Waals surface area contributed by atoms with Crippen molar-refractivity contribution in [1.29, 1.82) is 0 Å². The molecule has 0 spiro atoms. The minimum Gasteiger partial charge on any atom is -0.497 e. The van der Waals surface area contributed by atoms with Gasteiger partial charge in [0, 0.05) is 18.2 Å². The van der Waals surface area contributed by atoms with E-state index in [0.29, 0.717) is 31.0 Å². The number of aliphatic hydroxyl groups excluding tert-OH is 1. The van der Waals surface area contributed by atoms with Crippen molar-refractivity contribution >= 4 is 11.8 Å². The lowest BCUT2D eigenvalue weighted by Crippen LogP contribution is -2.37. The summed E-state index contributed by atoms with van der Waals surface area (Å²) in [5.74, 6) is 0.650. The van der Waals surface area contributed by atoms with Gasteiger partial charge in [0.2, 0.25) is 0 Å². The lowest BCUT2D eigenvalue weighted by Gasteiger charge is -2.31. The summed E-state index contributed by atoms with van der Waals surface area (Å²) in [5.41, 5.74) is 1.39. The summed E-state index contributed by atoms with van der Waals surface area (Å²) in [7, 11) is 1.57. The summed E-state index contributed by atoms with van der Waals surface area (Å²) in [4.78, 5) is 13.4. The summed E-state index contributed by atoms with van der Waals surface area (Å²) in [5, 5.41) is 9.93. The zero-order valence-electron chi connectivity index (χ0n) is 10.5. The van der Waals surface area contributed by atoms with Crippen molar-refractivity contribution in [3.63, 3.8) is 0 Å². The second kappa shape index (κ2) is 5.27. The maximum Gasteiger partial charge on any atom is 0.414 e. The van der Waals surface area contributed by atoms with Gasteiger partial charge in [0.1, 0.15) is 5.75 Å². The quantitative estimate of drug-likeness (QED) is 0.874. The Labute approximate surface area is 106 Å². The molecule has 1 atom stereocenters. The highest BCUT2D eigenvalue weighted by molar-refractivity contribution is 5.89. The number of rotatable bonds is 2. The van der Waals surface area contributed by atoms with Crippen LogP contribution in [0.2, 0.25) is 0 Å². The first-order valence-electron chi connectivity index (χ1n) is 5.97. The molecule has 1 aliphatic rings. The Kier molecular flexibility index (Phi) is 3.72. The van der Waals surface area contributed by atoms with E-state index in [1.165, 1.54) is 4.90 Å². The molecule has 1 aliphatic heterocycles. The molecule has 1 N–H and O–H groups in total. The first-order valence-corrected chi connectivity index (χ1v) is 5.97. The number of ether oxygens (including phenoxy) is 2. The molecule has 18 heavy (non-hydrogen) atoms. The van der Waals surface area contributed by atoms with Gasteiger partial charge >= 0.3 is 6.09 Å². The molecular weight excluding hydrogens is 234 g/mol. The Bertz CT molecular complexity index is 447. The van der Waals surface area contributed by atoms with Gasteiger partial charge in [-0.3, -0.25) is 4.90 Å². The van der Waals surface area contributed by atoms with Gasteiger partial charge in [-0.15, -0.1) is 0 Å². The highest BCUT2D eigenvalue weighted by Gasteiger charge is 2.28. The van der Waals surface area contributed by atoms with Crippen molar-refractivity contribution in [3.05, 3.63) is 23.8 Å². The number of anilines is 1. The molecule has 1 unspecified atom stereocenters. The summed E-state index contributed by atoms with van der Waals surface area (Å²) in [6, 6.07) is 5.30. The molecule has 0 fully saturated rings. The van der Waals surface area contributed by atoms with Crippen LogP contribution < -0.4 is 9.64 Å². The Morgan fingerprint density at radius 1 is 1.56 bits per heavy atom. The second-order valence-corrected chi connectivity index (χ2v) is 4.08. The van der Waals surface area contributed by atoms with Crippen LogP contribution in [0.3, 0.4) is 0 Å². The van der Waals surface area contributed by atoms with Gasteiger partial charge in [-0.05, 0) is 19.4 Å². The number of hydrogen-bond donors (Lipinski definition) is 1. The number of nitrogens with zero attached hydrogens (tertiary/aromatic N) is 1. The Morgan fingerprint density at radius 2 is 2.33 bits per heavy atom. The van der Waals surface area contributed by atoms with Gasteiger partial charge in [-0.25, -0.2) is 4.79 Å². The van der Waals surface area contributed by atoms with E-state index in [1.807, 2.05) is 0 Å². The Balaban J connectivity index is 2.37. The second-order valence-electron chi connectivity index (χ2n) is 4.08. The number of methoxy groups -OCH3 is 1. The van der Waals surface area contributed by atoms with E-state index in [9.17, 15) is 9.90 Å². The molecule has 1 amide bonds. The topological polar surface area (TPSA) is 59.0 Å². The molecule has 1 aromatic carbocycles. The smallest absolute Gasteiger partial charge is 0.414 e. The lowest BCUT2D eigenvalue weighted by molar-refractivity contribution is 0.146. The Hall–Kier alpha value is -1.75. The van der Waals surface area contributed by atoms with Gasteiger partial charge in [0.25, 0.3) is 0 Å². The minimum atomic E-state index is -0.545. The van der Waals surface area contributed by atoms with E-state index in [4.69, 9.17) is 9.47 Å². The van der Waals surface area contributed by atoms with Crippen LogP contribution in [-0.4, -0.2) is 31.5 Å². The highest BCUT2D eigenvalue weighted by atomic mass is 16.6. The molecule has 0 saturated heterocycles. The standard InChI is InChI=1S/C13H17NO4/c1-3-18-13(16)14-7-6-12(15)10-5-4-9(17-2)8-11(10)14/h4-5,8,12,15H,3,6-7H2,1-2H3. The molecule has 5 nitrogen and oxygen atoms in total. The van der Waals surface area contributed by atoms with Gasteiger partial charge in [0.15, 0.2) is 0 Å². The number of carbonyl (C=O) groups excluding carboxylic acids is 1.